The Bertz CT molecular complexity index is 530. The van der Waals surface area contributed by atoms with E-state index >= 15 is 0 Å². The fourth-order valence-corrected chi connectivity index (χ4v) is 4.25. The Morgan fingerprint density at radius 1 is 1.24 bits per heavy atom. The zero-order valence-corrected chi connectivity index (χ0v) is 13.2. The molecule has 2 nitrogen and oxygen atoms in total. The highest BCUT2D eigenvalue weighted by Crippen LogP contribution is 2.36. The number of halogens is 1. The Morgan fingerprint density at radius 3 is 2.81 bits per heavy atom. The van der Waals surface area contributed by atoms with Crippen LogP contribution in [0, 0.1) is 11.7 Å². The van der Waals surface area contributed by atoms with Crippen LogP contribution in [0.3, 0.4) is 0 Å². The van der Waals surface area contributed by atoms with E-state index in [1.165, 1.54) is 50.7 Å². The Kier molecular flexibility index (Phi) is 4.55. The van der Waals surface area contributed by atoms with Crippen molar-refractivity contribution in [3.8, 4) is 0 Å². The molecule has 2 aliphatic rings. The molecule has 1 aromatic carbocycles. The molecule has 0 aromatic heterocycles. The zero-order valence-electron chi connectivity index (χ0n) is 12.4. The van der Waals surface area contributed by atoms with Gasteiger partial charge in [0.15, 0.2) is 0 Å². The van der Waals surface area contributed by atoms with Gasteiger partial charge in [-0.25, -0.2) is 4.39 Å². The Morgan fingerprint density at radius 2 is 2.00 bits per heavy atom. The first-order valence-electron chi connectivity index (χ1n) is 7.97. The Balaban J connectivity index is 1.80. The fourth-order valence-electron chi connectivity index (χ4n) is 4.06. The molecule has 2 fully saturated rings. The highest BCUT2D eigenvalue weighted by Gasteiger charge is 2.33. The standard InChI is InChI=1S/C17H23FN2S/c18-14-8-7-13(15(10-14)17(19)21)11-20-9-3-5-12-4-1-2-6-16(12)20/h7-8,10,12,16H,1-6,9,11H2,(H2,19,21). The molecular weight excluding hydrogens is 283 g/mol. The van der Waals surface area contributed by atoms with Crippen LogP contribution >= 0.6 is 12.2 Å². The summed E-state index contributed by atoms with van der Waals surface area (Å²) in [5.41, 5.74) is 7.53. The van der Waals surface area contributed by atoms with E-state index in [4.69, 9.17) is 18.0 Å². The van der Waals surface area contributed by atoms with Gasteiger partial charge in [0.05, 0.1) is 0 Å². The largest absolute Gasteiger partial charge is 0.389 e. The van der Waals surface area contributed by atoms with E-state index in [2.05, 4.69) is 4.90 Å². The first-order valence-corrected chi connectivity index (χ1v) is 8.38. The van der Waals surface area contributed by atoms with Crippen molar-refractivity contribution in [2.75, 3.05) is 6.54 Å². The third kappa shape index (κ3) is 3.27. The van der Waals surface area contributed by atoms with Crippen molar-refractivity contribution < 1.29 is 4.39 Å². The molecule has 0 radical (unpaired) electrons. The molecule has 0 spiro atoms. The lowest BCUT2D eigenvalue weighted by Crippen LogP contribution is -2.46. The molecule has 2 unspecified atom stereocenters. The molecule has 1 aromatic rings. The van der Waals surface area contributed by atoms with E-state index in [0.717, 1.165) is 24.6 Å². The van der Waals surface area contributed by atoms with Gasteiger partial charge < -0.3 is 5.73 Å². The predicted molar refractivity (Wildman–Crippen MR) is 87.7 cm³/mol. The monoisotopic (exact) mass is 306 g/mol. The highest BCUT2D eigenvalue weighted by molar-refractivity contribution is 7.80. The normalized spacial score (nSPS) is 26.3. The molecule has 2 atom stereocenters. The van der Waals surface area contributed by atoms with Gasteiger partial charge in [0, 0.05) is 18.2 Å². The molecule has 4 heteroatoms. The lowest BCUT2D eigenvalue weighted by molar-refractivity contribution is 0.0546. The molecule has 1 saturated heterocycles. The molecule has 1 aliphatic carbocycles. The van der Waals surface area contributed by atoms with Crippen molar-refractivity contribution in [1.82, 2.24) is 4.90 Å². The summed E-state index contributed by atoms with van der Waals surface area (Å²) < 4.78 is 13.4. The van der Waals surface area contributed by atoms with Crippen molar-refractivity contribution in [1.29, 1.82) is 0 Å². The summed E-state index contributed by atoms with van der Waals surface area (Å²) in [4.78, 5) is 2.87. The zero-order chi connectivity index (χ0) is 14.8. The quantitative estimate of drug-likeness (QED) is 0.865. The molecule has 2 N–H and O–H groups in total. The first-order chi connectivity index (χ1) is 10.1. The van der Waals surface area contributed by atoms with Crippen LogP contribution in [0.2, 0.25) is 0 Å². The van der Waals surface area contributed by atoms with Crippen LogP contribution in [0.1, 0.15) is 49.7 Å². The number of hydrogen-bond acceptors (Lipinski definition) is 2. The summed E-state index contributed by atoms with van der Waals surface area (Å²) in [6.07, 6.45) is 8.02. The Hall–Kier alpha value is -1.00. The number of fused-ring (bicyclic) bond motifs is 1. The van der Waals surface area contributed by atoms with Gasteiger partial charge in [-0.3, -0.25) is 4.90 Å². The van der Waals surface area contributed by atoms with Crippen LogP contribution < -0.4 is 5.73 Å². The number of thiocarbonyl (C=S) groups is 1. The summed E-state index contributed by atoms with van der Waals surface area (Å²) >= 11 is 5.08. The number of nitrogens with zero attached hydrogens (tertiary/aromatic N) is 1. The van der Waals surface area contributed by atoms with E-state index in [0.29, 0.717) is 16.6 Å². The van der Waals surface area contributed by atoms with Crippen LogP contribution in [0.4, 0.5) is 4.39 Å². The summed E-state index contributed by atoms with van der Waals surface area (Å²) in [6.45, 7) is 1.98. The number of piperidine rings is 1. The fraction of sp³-hybridized carbons (Fsp3) is 0.588. The average Bonchev–Trinajstić information content (AvgIpc) is 2.49. The van der Waals surface area contributed by atoms with Crippen molar-refractivity contribution in [2.24, 2.45) is 11.7 Å². The molecule has 0 amide bonds. The van der Waals surface area contributed by atoms with Crippen LogP contribution in [0.15, 0.2) is 18.2 Å². The van der Waals surface area contributed by atoms with Crippen molar-refractivity contribution >= 4 is 17.2 Å². The lowest BCUT2D eigenvalue weighted by Gasteiger charge is -2.44. The summed E-state index contributed by atoms with van der Waals surface area (Å²) in [6, 6.07) is 5.52. The molecular formula is C17H23FN2S. The molecule has 1 aliphatic heterocycles. The predicted octanol–water partition coefficient (Wildman–Crippen LogP) is 3.61. The smallest absolute Gasteiger partial charge is 0.123 e. The third-order valence-electron chi connectivity index (χ3n) is 5.07. The van der Waals surface area contributed by atoms with Gasteiger partial charge in [0.25, 0.3) is 0 Å². The lowest BCUT2D eigenvalue weighted by atomic mass is 9.78. The minimum atomic E-state index is -0.268. The van der Waals surface area contributed by atoms with Gasteiger partial charge in [-0.15, -0.1) is 0 Å². The van der Waals surface area contributed by atoms with E-state index in [-0.39, 0.29) is 5.82 Å². The van der Waals surface area contributed by atoms with Crippen molar-refractivity contribution in [3.63, 3.8) is 0 Å². The van der Waals surface area contributed by atoms with Gasteiger partial charge in [-0.05, 0) is 55.8 Å². The van der Waals surface area contributed by atoms with Gasteiger partial charge >= 0.3 is 0 Å². The van der Waals surface area contributed by atoms with Crippen molar-refractivity contribution in [2.45, 2.75) is 51.1 Å². The average molecular weight is 306 g/mol. The van der Waals surface area contributed by atoms with E-state index < -0.39 is 0 Å². The number of hydrogen-bond donors (Lipinski definition) is 1. The van der Waals surface area contributed by atoms with E-state index in [1.807, 2.05) is 6.07 Å². The number of rotatable bonds is 3. The molecule has 1 saturated carbocycles. The maximum atomic E-state index is 13.4. The van der Waals surface area contributed by atoms with Crippen LogP contribution in [0.25, 0.3) is 0 Å². The number of benzene rings is 1. The SMILES string of the molecule is NC(=S)c1cc(F)ccc1CN1CCCC2CCCCC21. The number of likely N-dealkylation sites (tertiary alicyclic amines) is 1. The summed E-state index contributed by atoms with van der Waals surface area (Å²) in [5, 5.41) is 0. The second kappa shape index (κ2) is 6.41. The minimum absolute atomic E-state index is 0.268. The minimum Gasteiger partial charge on any atom is -0.389 e. The topological polar surface area (TPSA) is 29.3 Å². The third-order valence-corrected chi connectivity index (χ3v) is 5.29. The van der Waals surface area contributed by atoms with Crippen LogP contribution in [-0.4, -0.2) is 22.5 Å². The van der Waals surface area contributed by atoms with Gasteiger partial charge in [0.2, 0.25) is 0 Å². The van der Waals surface area contributed by atoms with Crippen LogP contribution in [-0.2, 0) is 6.54 Å². The van der Waals surface area contributed by atoms with Gasteiger partial charge in [-0.1, -0.05) is 31.1 Å². The molecule has 3 rings (SSSR count). The molecule has 114 valence electrons. The summed E-state index contributed by atoms with van der Waals surface area (Å²) in [5.74, 6) is 0.581. The van der Waals surface area contributed by atoms with Crippen molar-refractivity contribution in [3.05, 3.63) is 35.1 Å². The van der Waals surface area contributed by atoms with Gasteiger partial charge in [-0.2, -0.15) is 0 Å². The highest BCUT2D eigenvalue weighted by atomic mass is 32.1. The second-order valence-electron chi connectivity index (χ2n) is 6.39. The Labute approximate surface area is 131 Å². The molecule has 1 heterocycles. The molecule has 21 heavy (non-hydrogen) atoms. The van der Waals surface area contributed by atoms with Gasteiger partial charge in [0.1, 0.15) is 10.8 Å². The second-order valence-corrected chi connectivity index (χ2v) is 6.83. The molecule has 0 bridgehead atoms. The van der Waals surface area contributed by atoms with E-state index in [9.17, 15) is 4.39 Å². The number of nitrogens with two attached hydrogens (primary N) is 1. The van der Waals surface area contributed by atoms with Crippen LogP contribution in [0.5, 0.6) is 0 Å². The maximum absolute atomic E-state index is 13.4. The first kappa shape index (κ1) is 14.9. The van der Waals surface area contributed by atoms with E-state index in [1.54, 1.807) is 0 Å². The summed E-state index contributed by atoms with van der Waals surface area (Å²) in [7, 11) is 0. The maximum Gasteiger partial charge on any atom is 0.123 e.